The van der Waals surface area contributed by atoms with Gasteiger partial charge in [0.2, 0.25) is 0 Å². The maximum Gasteiger partial charge on any atom is 0.198 e. The summed E-state index contributed by atoms with van der Waals surface area (Å²) in [4.78, 5) is 6.87. The molecule has 0 aliphatic carbocycles. The van der Waals surface area contributed by atoms with E-state index in [9.17, 15) is 0 Å². The molecule has 5 nitrogen and oxygen atoms in total. The van der Waals surface area contributed by atoms with Crippen molar-refractivity contribution in [1.82, 2.24) is 9.88 Å². The minimum absolute atomic E-state index is 0.349. The van der Waals surface area contributed by atoms with Crippen molar-refractivity contribution in [2.45, 2.75) is 25.7 Å². The van der Waals surface area contributed by atoms with E-state index in [2.05, 4.69) is 15.2 Å². The molecule has 0 saturated carbocycles. The van der Waals surface area contributed by atoms with Crippen LogP contribution in [0.2, 0.25) is 0 Å². The number of fused-ring (bicyclic) bond motifs is 1. The van der Waals surface area contributed by atoms with Gasteiger partial charge < -0.3 is 19.4 Å². The lowest BCUT2D eigenvalue weighted by Crippen LogP contribution is -2.40. The van der Waals surface area contributed by atoms with E-state index in [1.807, 2.05) is 55.5 Å². The van der Waals surface area contributed by atoms with Gasteiger partial charge in [0.15, 0.2) is 16.6 Å². The fraction of sp³-hybridized carbons (Fsp3) is 0.333. The highest BCUT2D eigenvalue weighted by Gasteiger charge is 2.25. The second kappa shape index (κ2) is 7.96. The van der Waals surface area contributed by atoms with Crippen LogP contribution in [0.5, 0.6) is 5.75 Å². The molecule has 27 heavy (non-hydrogen) atoms. The number of anilines is 1. The van der Waals surface area contributed by atoms with Crippen LogP contribution in [0.1, 0.15) is 31.6 Å². The molecule has 0 atom stereocenters. The van der Waals surface area contributed by atoms with Crippen molar-refractivity contribution < 1.29 is 9.15 Å². The number of thiocarbonyl (C=S) groups is 1. The normalized spacial score (nSPS) is 15.1. The van der Waals surface area contributed by atoms with Crippen LogP contribution in [-0.2, 0) is 0 Å². The predicted octanol–water partition coefficient (Wildman–Crippen LogP) is 4.80. The summed E-state index contributed by atoms with van der Waals surface area (Å²) in [6.45, 7) is 4.44. The molecule has 1 aromatic heterocycles. The van der Waals surface area contributed by atoms with Crippen LogP contribution in [0.3, 0.4) is 0 Å². The Morgan fingerprint density at radius 1 is 1.19 bits per heavy atom. The van der Waals surface area contributed by atoms with Crippen LogP contribution >= 0.6 is 12.2 Å². The van der Waals surface area contributed by atoms with Gasteiger partial charge in [0, 0.05) is 24.7 Å². The SMILES string of the molecule is CCOc1ccc(NC(=S)N2CCC(c3nc4ccccc4o3)CC2)cc1. The Kier molecular flexibility index (Phi) is 5.25. The van der Waals surface area contributed by atoms with Crippen LogP contribution in [0.25, 0.3) is 11.1 Å². The van der Waals surface area contributed by atoms with Gasteiger partial charge in [-0.3, -0.25) is 0 Å². The third-order valence-corrected chi connectivity index (χ3v) is 5.22. The largest absolute Gasteiger partial charge is 0.494 e. The van der Waals surface area contributed by atoms with E-state index in [1.54, 1.807) is 0 Å². The number of piperidine rings is 1. The first kappa shape index (κ1) is 17.8. The van der Waals surface area contributed by atoms with Crippen molar-refractivity contribution in [3.63, 3.8) is 0 Å². The fourth-order valence-electron chi connectivity index (χ4n) is 3.40. The molecule has 1 aliphatic heterocycles. The lowest BCUT2D eigenvalue weighted by atomic mass is 9.97. The molecule has 0 spiro atoms. The van der Waals surface area contributed by atoms with E-state index < -0.39 is 0 Å². The highest BCUT2D eigenvalue weighted by atomic mass is 32.1. The molecule has 1 N–H and O–H groups in total. The summed E-state index contributed by atoms with van der Waals surface area (Å²) in [7, 11) is 0. The number of nitrogens with zero attached hydrogens (tertiary/aromatic N) is 2. The maximum atomic E-state index is 5.94. The van der Waals surface area contributed by atoms with Crippen LogP contribution in [0.4, 0.5) is 5.69 Å². The third kappa shape index (κ3) is 4.06. The zero-order valence-corrected chi connectivity index (χ0v) is 16.2. The standard InChI is InChI=1S/C21H23N3O2S/c1-2-25-17-9-7-16(8-10-17)22-21(27)24-13-11-15(12-14-24)20-23-18-5-3-4-6-19(18)26-20/h3-10,15H,2,11-14H2,1H3,(H,22,27). The lowest BCUT2D eigenvalue weighted by Gasteiger charge is -2.32. The third-order valence-electron chi connectivity index (χ3n) is 4.86. The molecule has 0 amide bonds. The number of oxazole rings is 1. The average Bonchev–Trinajstić information content (AvgIpc) is 3.14. The van der Waals surface area contributed by atoms with Gasteiger partial charge >= 0.3 is 0 Å². The number of nitrogens with one attached hydrogen (secondary N) is 1. The van der Waals surface area contributed by atoms with Gasteiger partial charge in [0.25, 0.3) is 0 Å². The smallest absolute Gasteiger partial charge is 0.198 e. The number of likely N-dealkylation sites (tertiary alicyclic amines) is 1. The molecule has 140 valence electrons. The molecule has 1 saturated heterocycles. The summed E-state index contributed by atoms with van der Waals surface area (Å²) in [5.74, 6) is 2.07. The van der Waals surface area contributed by atoms with Crippen molar-refractivity contribution >= 4 is 34.1 Å². The summed E-state index contributed by atoms with van der Waals surface area (Å²) in [6.07, 6.45) is 1.97. The fourth-order valence-corrected chi connectivity index (χ4v) is 3.70. The number of benzene rings is 2. The van der Waals surface area contributed by atoms with Crippen molar-refractivity contribution in [3.8, 4) is 5.75 Å². The predicted molar refractivity (Wildman–Crippen MR) is 111 cm³/mol. The number of para-hydroxylation sites is 2. The van der Waals surface area contributed by atoms with Crippen LogP contribution < -0.4 is 10.1 Å². The minimum atomic E-state index is 0.349. The molecule has 0 bridgehead atoms. The van der Waals surface area contributed by atoms with E-state index in [4.69, 9.17) is 21.4 Å². The molecule has 3 aromatic rings. The second-order valence-corrected chi connectivity index (χ2v) is 7.06. The number of aromatic nitrogens is 1. The summed E-state index contributed by atoms with van der Waals surface area (Å²) in [5.41, 5.74) is 2.77. The Hall–Kier alpha value is -2.60. The van der Waals surface area contributed by atoms with Crippen LogP contribution in [0.15, 0.2) is 52.9 Å². The Labute approximate surface area is 164 Å². The summed E-state index contributed by atoms with van der Waals surface area (Å²) >= 11 is 5.59. The van der Waals surface area contributed by atoms with Gasteiger partial charge in [-0.05, 0) is 68.4 Å². The highest BCUT2D eigenvalue weighted by Crippen LogP contribution is 2.30. The van der Waals surface area contributed by atoms with Crippen molar-refractivity contribution in [2.24, 2.45) is 0 Å². The van der Waals surface area contributed by atoms with Crippen molar-refractivity contribution in [2.75, 3.05) is 25.0 Å². The van der Waals surface area contributed by atoms with Crippen molar-refractivity contribution in [1.29, 1.82) is 0 Å². The van der Waals surface area contributed by atoms with E-state index in [1.165, 1.54) is 0 Å². The Morgan fingerprint density at radius 3 is 2.63 bits per heavy atom. The van der Waals surface area contributed by atoms with E-state index in [0.29, 0.717) is 12.5 Å². The molecule has 6 heteroatoms. The second-order valence-electron chi connectivity index (χ2n) is 6.67. The van der Waals surface area contributed by atoms with Gasteiger partial charge in [0.05, 0.1) is 6.61 Å². The molecular weight excluding hydrogens is 358 g/mol. The summed E-state index contributed by atoms with van der Waals surface area (Å²) < 4.78 is 11.4. The summed E-state index contributed by atoms with van der Waals surface area (Å²) in [5, 5.41) is 4.08. The van der Waals surface area contributed by atoms with Gasteiger partial charge in [-0.25, -0.2) is 4.98 Å². The zero-order valence-electron chi connectivity index (χ0n) is 15.4. The van der Waals surface area contributed by atoms with E-state index in [-0.39, 0.29) is 0 Å². The zero-order chi connectivity index (χ0) is 18.6. The molecule has 1 fully saturated rings. The molecule has 0 unspecified atom stereocenters. The molecule has 0 radical (unpaired) electrons. The highest BCUT2D eigenvalue weighted by molar-refractivity contribution is 7.80. The number of hydrogen-bond donors (Lipinski definition) is 1. The van der Waals surface area contributed by atoms with Gasteiger partial charge in [-0.2, -0.15) is 0 Å². The Bertz CT molecular complexity index is 882. The molecular formula is C21H23N3O2S. The van der Waals surface area contributed by atoms with E-state index >= 15 is 0 Å². The quantitative estimate of drug-likeness (QED) is 0.655. The number of hydrogen-bond acceptors (Lipinski definition) is 4. The first-order valence-electron chi connectivity index (χ1n) is 9.37. The first-order chi connectivity index (χ1) is 13.2. The van der Waals surface area contributed by atoms with Gasteiger partial charge in [-0.1, -0.05) is 12.1 Å². The molecule has 4 rings (SSSR count). The average molecular weight is 382 g/mol. The first-order valence-corrected chi connectivity index (χ1v) is 9.78. The van der Waals surface area contributed by atoms with Crippen LogP contribution in [-0.4, -0.2) is 34.7 Å². The lowest BCUT2D eigenvalue weighted by molar-refractivity contribution is 0.290. The van der Waals surface area contributed by atoms with Crippen molar-refractivity contribution in [3.05, 3.63) is 54.4 Å². The number of ether oxygens (including phenoxy) is 1. The monoisotopic (exact) mass is 381 g/mol. The van der Waals surface area contributed by atoms with Crippen LogP contribution in [0, 0.1) is 0 Å². The summed E-state index contributed by atoms with van der Waals surface area (Å²) in [6, 6.07) is 15.8. The Balaban J connectivity index is 1.33. The van der Waals surface area contributed by atoms with Gasteiger partial charge in [0.1, 0.15) is 11.3 Å². The molecule has 2 aromatic carbocycles. The molecule has 1 aliphatic rings. The van der Waals surface area contributed by atoms with E-state index in [0.717, 1.165) is 59.5 Å². The number of rotatable bonds is 4. The minimum Gasteiger partial charge on any atom is -0.494 e. The maximum absolute atomic E-state index is 5.94. The Morgan fingerprint density at radius 2 is 1.93 bits per heavy atom. The van der Waals surface area contributed by atoms with Gasteiger partial charge in [-0.15, -0.1) is 0 Å². The molecule has 2 heterocycles. The topological polar surface area (TPSA) is 50.5 Å².